The van der Waals surface area contributed by atoms with E-state index >= 15 is 0 Å². The van der Waals surface area contributed by atoms with Gasteiger partial charge < -0.3 is 19.0 Å². The topological polar surface area (TPSA) is 126 Å². The van der Waals surface area contributed by atoms with Gasteiger partial charge in [0.2, 0.25) is 0 Å². The predicted molar refractivity (Wildman–Crippen MR) is 137 cm³/mol. The molecule has 37 heavy (non-hydrogen) atoms. The molecule has 1 aromatic heterocycles. The first-order valence-electron chi connectivity index (χ1n) is 11.4. The van der Waals surface area contributed by atoms with E-state index in [-0.39, 0.29) is 40.9 Å². The van der Waals surface area contributed by atoms with E-state index in [0.29, 0.717) is 13.1 Å². The summed E-state index contributed by atoms with van der Waals surface area (Å²) in [5.41, 5.74) is -0.00294. The molecule has 0 bridgehead atoms. The third-order valence-corrected chi connectivity index (χ3v) is 7.67. The number of sulfonamides is 1. The Morgan fingerprint density at radius 1 is 0.946 bits per heavy atom. The van der Waals surface area contributed by atoms with E-state index in [1.54, 1.807) is 41.3 Å². The number of halogens is 1. The number of ether oxygens (including phenoxy) is 1. The van der Waals surface area contributed by atoms with Crippen LogP contribution in [0.5, 0.6) is 0 Å². The van der Waals surface area contributed by atoms with Crippen LogP contribution in [0.3, 0.4) is 0 Å². The van der Waals surface area contributed by atoms with Crippen LogP contribution in [-0.4, -0.2) is 68.3 Å². The fourth-order valence-corrected chi connectivity index (χ4v) is 5.13. The highest BCUT2D eigenvalue weighted by Crippen LogP contribution is 2.23. The third-order valence-electron chi connectivity index (χ3n) is 5.76. The van der Waals surface area contributed by atoms with Gasteiger partial charge in [-0.15, -0.1) is 0 Å². The second-order valence-corrected chi connectivity index (χ2v) is 10.8. The van der Waals surface area contributed by atoms with E-state index in [1.807, 2.05) is 0 Å². The van der Waals surface area contributed by atoms with Gasteiger partial charge in [0.25, 0.3) is 21.8 Å². The highest BCUT2D eigenvalue weighted by atomic mass is 79.9. The summed E-state index contributed by atoms with van der Waals surface area (Å²) in [6.45, 7) is 2.63. The minimum Gasteiger partial charge on any atom is -0.459 e. The van der Waals surface area contributed by atoms with Crippen LogP contribution in [0.15, 0.2) is 80.7 Å². The Kier molecular flexibility index (Phi) is 7.98. The minimum absolute atomic E-state index is 0.0205. The molecule has 0 saturated carbocycles. The Bertz CT molecular complexity index is 1380. The summed E-state index contributed by atoms with van der Waals surface area (Å²) in [7, 11) is -3.97. The minimum atomic E-state index is -3.97. The summed E-state index contributed by atoms with van der Waals surface area (Å²) in [5, 5.41) is 0. The number of carbonyl (C=O) groups is 3. The lowest BCUT2D eigenvalue weighted by Crippen LogP contribution is -2.53. The number of hydrogen-bond donors (Lipinski definition) is 1. The summed E-state index contributed by atoms with van der Waals surface area (Å²) in [6.07, 6.45) is 0.309. The number of benzene rings is 2. The fraction of sp³-hybridized carbons (Fsp3) is 0.240. The van der Waals surface area contributed by atoms with Gasteiger partial charge in [0.1, 0.15) is 0 Å². The summed E-state index contributed by atoms with van der Waals surface area (Å²) in [6, 6.07) is 15.2. The van der Waals surface area contributed by atoms with Crippen LogP contribution in [0.1, 0.15) is 27.8 Å². The van der Waals surface area contributed by atoms with Crippen molar-refractivity contribution >= 4 is 49.4 Å². The number of nitrogens with one attached hydrogen (secondary N) is 1. The first kappa shape index (κ1) is 26.4. The zero-order valence-corrected chi connectivity index (χ0v) is 22.2. The number of carbonyl (C=O) groups excluding carboxylic acids is 3. The molecule has 2 heterocycles. The summed E-state index contributed by atoms with van der Waals surface area (Å²) < 4.78 is 39.3. The van der Waals surface area contributed by atoms with Crippen molar-refractivity contribution in [2.24, 2.45) is 0 Å². The molecule has 194 valence electrons. The third kappa shape index (κ3) is 6.20. The molecule has 0 spiro atoms. The maximum atomic E-state index is 12.9. The average molecular weight is 590 g/mol. The fourth-order valence-electron chi connectivity index (χ4n) is 3.79. The smallest absolute Gasteiger partial charge is 0.341 e. The molecule has 12 heteroatoms. The number of para-hydroxylation sites is 1. The number of furan rings is 1. The molecular formula is C25H24BrN3O7S. The van der Waals surface area contributed by atoms with E-state index in [0.717, 1.165) is 4.47 Å². The van der Waals surface area contributed by atoms with Gasteiger partial charge in [-0.3, -0.25) is 14.3 Å². The van der Waals surface area contributed by atoms with Crippen molar-refractivity contribution in [1.29, 1.82) is 0 Å². The average Bonchev–Trinajstić information content (AvgIpc) is 3.43. The zero-order chi connectivity index (χ0) is 26.6. The molecule has 0 radical (unpaired) electrons. The van der Waals surface area contributed by atoms with Gasteiger partial charge in [0.15, 0.2) is 11.9 Å². The van der Waals surface area contributed by atoms with Crippen LogP contribution in [0.4, 0.5) is 5.69 Å². The van der Waals surface area contributed by atoms with E-state index in [2.05, 4.69) is 20.7 Å². The Morgan fingerprint density at radius 3 is 2.24 bits per heavy atom. The normalized spacial score (nSPS) is 14.6. The molecule has 1 aliphatic heterocycles. The maximum Gasteiger partial charge on any atom is 0.341 e. The predicted octanol–water partition coefficient (Wildman–Crippen LogP) is 3.37. The quantitative estimate of drug-likeness (QED) is 0.418. The second kappa shape index (κ2) is 11.2. The van der Waals surface area contributed by atoms with E-state index in [1.165, 1.54) is 42.4 Å². The van der Waals surface area contributed by atoms with Crippen LogP contribution in [0.25, 0.3) is 0 Å². The van der Waals surface area contributed by atoms with Gasteiger partial charge in [-0.25, -0.2) is 13.2 Å². The number of anilines is 1. The van der Waals surface area contributed by atoms with Gasteiger partial charge in [0, 0.05) is 30.7 Å². The highest BCUT2D eigenvalue weighted by molar-refractivity contribution is 9.10. The first-order chi connectivity index (χ1) is 17.7. The number of hydrogen-bond acceptors (Lipinski definition) is 7. The lowest BCUT2D eigenvalue weighted by atomic mass is 10.2. The summed E-state index contributed by atoms with van der Waals surface area (Å²) >= 11 is 3.26. The van der Waals surface area contributed by atoms with Gasteiger partial charge in [-0.2, -0.15) is 0 Å². The Morgan fingerprint density at radius 2 is 1.59 bits per heavy atom. The van der Waals surface area contributed by atoms with Crippen LogP contribution < -0.4 is 4.72 Å². The van der Waals surface area contributed by atoms with Gasteiger partial charge >= 0.3 is 5.97 Å². The molecule has 1 fully saturated rings. The van der Waals surface area contributed by atoms with E-state index in [9.17, 15) is 22.8 Å². The van der Waals surface area contributed by atoms with Crippen LogP contribution >= 0.6 is 15.9 Å². The standard InChI is InChI=1S/C25H24BrN3O7S/c1-17(23(30)28-12-14-29(15-13-28)24(31)22-7-4-16-35-22)36-25(32)20-5-2-3-6-21(20)27-37(33,34)19-10-8-18(26)9-11-19/h2-11,16-17,27H,12-15H2,1H3/t17-/m0/s1. The van der Waals surface area contributed by atoms with Crippen LogP contribution in [-0.2, 0) is 19.6 Å². The number of nitrogens with zero attached hydrogens (tertiary/aromatic N) is 2. The van der Waals surface area contributed by atoms with Crippen molar-refractivity contribution in [3.8, 4) is 0 Å². The van der Waals surface area contributed by atoms with Crippen molar-refractivity contribution in [2.75, 3.05) is 30.9 Å². The monoisotopic (exact) mass is 589 g/mol. The SMILES string of the molecule is C[C@H](OC(=O)c1ccccc1NS(=O)(=O)c1ccc(Br)cc1)C(=O)N1CCN(C(=O)c2ccco2)CC1. The first-order valence-corrected chi connectivity index (χ1v) is 13.6. The van der Waals surface area contributed by atoms with Crippen LogP contribution in [0.2, 0.25) is 0 Å². The molecule has 1 atom stereocenters. The van der Waals surface area contributed by atoms with Crippen molar-refractivity contribution in [3.05, 3.63) is 82.7 Å². The molecule has 1 N–H and O–H groups in total. The van der Waals surface area contributed by atoms with Crippen molar-refractivity contribution in [1.82, 2.24) is 9.80 Å². The number of piperazine rings is 1. The lowest BCUT2D eigenvalue weighted by molar-refractivity contribution is -0.141. The number of amides is 2. The number of esters is 1. The lowest BCUT2D eigenvalue weighted by Gasteiger charge is -2.35. The Hall–Kier alpha value is -3.64. The summed E-state index contributed by atoms with van der Waals surface area (Å²) in [4.78, 5) is 41.4. The van der Waals surface area contributed by atoms with Crippen molar-refractivity contribution < 1.29 is 32.0 Å². The molecule has 10 nitrogen and oxygen atoms in total. The largest absolute Gasteiger partial charge is 0.459 e. The maximum absolute atomic E-state index is 12.9. The Labute approximate surface area is 222 Å². The van der Waals surface area contributed by atoms with Crippen LogP contribution in [0, 0.1) is 0 Å². The molecule has 2 amide bonds. The molecule has 4 rings (SSSR count). The number of rotatable bonds is 7. The van der Waals surface area contributed by atoms with Gasteiger partial charge in [-0.05, 0) is 55.5 Å². The molecule has 2 aromatic carbocycles. The molecular weight excluding hydrogens is 566 g/mol. The summed E-state index contributed by atoms with van der Waals surface area (Å²) in [5.74, 6) is -1.27. The highest BCUT2D eigenvalue weighted by Gasteiger charge is 2.30. The molecule has 1 saturated heterocycles. The molecule has 3 aromatic rings. The van der Waals surface area contributed by atoms with Crippen molar-refractivity contribution in [3.63, 3.8) is 0 Å². The van der Waals surface area contributed by atoms with Gasteiger partial charge in [0.05, 0.1) is 22.4 Å². The zero-order valence-electron chi connectivity index (χ0n) is 19.8. The van der Waals surface area contributed by atoms with Gasteiger partial charge in [-0.1, -0.05) is 28.1 Å². The van der Waals surface area contributed by atoms with Crippen molar-refractivity contribution in [2.45, 2.75) is 17.9 Å². The second-order valence-electron chi connectivity index (χ2n) is 8.25. The molecule has 1 aliphatic rings. The molecule has 0 aliphatic carbocycles. The van der Waals surface area contributed by atoms with E-state index in [4.69, 9.17) is 9.15 Å². The molecule has 0 unspecified atom stereocenters. The van der Waals surface area contributed by atoms with E-state index < -0.39 is 28.0 Å². The Balaban J connectivity index is 1.38.